The standard InChI is InChI=1S/C22H39N5O/c1-17(2)20-16-26-27(22(20)23)21(25-15-19-10-6-4-7-11-19)14-18(3)24-12-8-5-9-13-28/h4,6-7,10-11,17-18,21,24-26,28H,5,8-9,12-16,23H2,1-3H3/t18?,21-/m0/s1. The van der Waals surface area contributed by atoms with Crippen molar-refractivity contribution < 1.29 is 5.11 Å². The number of hydrogen-bond donors (Lipinski definition) is 5. The average molecular weight is 390 g/mol. The number of nitrogens with zero attached hydrogens (tertiary/aromatic N) is 1. The molecule has 0 saturated heterocycles. The summed E-state index contributed by atoms with van der Waals surface area (Å²) in [6.07, 6.45) is 4.08. The monoisotopic (exact) mass is 389 g/mol. The molecule has 28 heavy (non-hydrogen) atoms. The highest BCUT2D eigenvalue weighted by atomic mass is 16.2. The molecule has 6 nitrogen and oxygen atoms in total. The Balaban J connectivity index is 1.96. The second-order valence-corrected chi connectivity index (χ2v) is 8.03. The molecule has 0 bridgehead atoms. The van der Waals surface area contributed by atoms with E-state index in [1.54, 1.807) is 0 Å². The van der Waals surface area contributed by atoms with Gasteiger partial charge < -0.3 is 16.2 Å². The van der Waals surface area contributed by atoms with E-state index in [1.807, 2.05) is 6.07 Å². The van der Waals surface area contributed by atoms with Crippen LogP contribution in [0.15, 0.2) is 41.7 Å². The number of nitrogens with two attached hydrogens (primary N) is 1. The quantitative estimate of drug-likeness (QED) is 0.333. The summed E-state index contributed by atoms with van der Waals surface area (Å²) in [5.41, 5.74) is 12.5. The fourth-order valence-corrected chi connectivity index (χ4v) is 3.57. The summed E-state index contributed by atoms with van der Waals surface area (Å²) in [6.45, 7) is 9.48. The van der Waals surface area contributed by atoms with E-state index in [2.05, 4.69) is 66.1 Å². The van der Waals surface area contributed by atoms with Crippen LogP contribution < -0.4 is 21.8 Å². The normalized spacial score (nSPS) is 16.8. The van der Waals surface area contributed by atoms with Crippen molar-refractivity contribution in [3.8, 4) is 0 Å². The molecule has 1 heterocycles. The summed E-state index contributed by atoms with van der Waals surface area (Å²) < 4.78 is 0. The van der Waals surface area contributed by atoms with Gasteiger partial charge in [-0.1, -0.05) is 44.2 Å². The van der Waals surface area contributed by atoms with Crippen molar-refractivity contribution in [3.05, 3.63) is 47.3 Å². The topological polar surface area (TPSA) is 85.6 Å². The minimum atomic E-state index is 0.108. The van der Waals surface area contributed by atoms with Gasteiger partial charge in [0.1, 0.15) is 5.82 Å². The number of unbranched alkanes of at least 4 members (excludes halogenated alkanes) is 2. The molecule has 0 aliphatic carbocycles. The predicted octanol–water partition coefficient (Wildman–Crippen LogP) is 2.28. The molecule has 0 amide bonds. The first-order valence-electron chi connectivity index (χ1n) is 10.7. The Morgan fingerprint density at radius 1 is 1.11 bits per heavy atom. The Morgan fingerprint density at radius 2 is 1.86 bits per heavy atom. The van der Waals surface area contributed by atoms with Gasteiger partial charge in [-0.05, 0) is 56.2 Å². The number of hydrogen-bond acceptors (Lipinski definition) is 6. The number of nitrogens with one attached hydrogen (secondary N) is 3. The maximum absolute atomic E-state index is 8.90. The van der Waals surface area contributed by atoms with Crippen molar-refractivity contribution in [1.29, 1.82) is 0 Å². The van der Waals surface area contributed by atoms with Gasteiger partial charge in [-0.25, -0.2) is 5.43 Å². The van der Waals surface area contributed by atoms with Crippen LogP contribution in [0, 0.1) is 5.92 Å². The van der Waals surface area contributed by atoms with Crippen LogP contribution in [0.4, 0.5) is 0 Å². The zero-order valence-electron chi connectivity index (χ0n) is 17.7. The minimum Gasteiger partial charge on any atom is -0.396 e. The Morgan fingerprint density at radius 3 is 2.50 bits per heavy atom. The Labute approximate surface area is 170 Å². The molecular weight excluding hydrogens is 350 g/mol. The average Bonchev–Trinajstić information content (AvgIpc) is 3.07. The molecule has 6 heteroatoms. The summed E-state index contributed by atoms with van der Waals surface area (Å²) in [6, 6.07) is 10.8. The van der Waals surface area contributed by atoms with Gasteiger partial charge in [-0.2, -0.15) is 0 Å². The van der Waals surface area contributed by atoms with Crippen molar-refractivity contribution in [3.63, 3.8) is 0 Å². The van der Waals surface area contributed by atoms with E-state index >= 15 is 0 Å². The molecule has 0 saturated carbocycles. The molecule has 1 aliphatic heterocycles. The van der Waals surface area contributed by atoms with E-state index < -0.39 is 0 Å². The minimum absolute atomic E-state index is 0.108. The van der Waals surface area contributed by atoms with Gasteiger partial charge in [0.15, 0.2) is 0 Å². The molecule has 1 aliphatic rings. The van der Waals surface area contributed by atoms with E-state index in [-0.39, 0.29) is 12.8 Å². The van der Waals surface area contributed by atoms with Crippen LogP contribution in [0.25, 0.3) is 0 Å². The molecule has 0 spiro atoms. The van der Waals surface area contributed by atoms with Gasteiger partial charge in [-0.3, -0.25) is 10.3 Å². The first-order valence-corrected chi connectivity index (χ1v) is 10.7. The molecule has 0 radical (unpaired) electrons. The number of benzene rings is 1. The van der Waals surface area contributed by atoms with Gasteiger partial charge in [-0.15, -0.1) is 0 Å². The largest absolute Gasteiger partial charge is 0.396 e. The van der Waals surface area contributed by atoms with Crippen molar-refractivity contribution in [2.45, 2.75) is 65.2 Å². The van der Waals surface area contributed by atoms with E-state index in [1.165, 1.54) is 11.1 Å². The highest BCUT2D eigenvalue weighted by molar-refractivity contribution is 5.19. The summed E-state index contributed by atoms with van der Waals surface area (Å²) >= 11 is 0. The highest BCUT2D eigenvalue weighted by Gasteiger charge is 2.28. The summed E-state index contributed by atoms with van der Waals surface area (Å²) in [4.78, 5) is 0. The lowest BCUT2D eigenvalue weighted by Gasteiger charge is -2.33. The molecule has 1 aromatic carbocycles. The van der Waals surface area contributed by atoms with Crippen LogP contribution in [0.1, 0.15) is 52.0 Å². The maximum atomic E-state index is 8.90. The molecule has 2 atom stereocenters. The molecule has 6 N–H and O–H groups in total. The van der Waals surface area contributed by atoms with Crippen LogP contribution in [-0.4, -0.2) is 42.0 Å². The molecular formula is C22H39N5O. The molecule has 2 rings (SSSR count). The van der Waals surface area contributed by atoms with Crippen LogP contribution in [-0.2, 0) is 6.54 Å². The van der Waals surface area contributed by atoms with E-state index in [0.29, 0.717) is 12.0 Å². The van der Waals surface area contributed by atoms with Crippen molar-refractivity contribution in [1.82, 2.24) is 21.1 Å². The number of aliphatic hydroxyl groups is 1. The van der Waals surface area contributed by atoms with Gasteiger partial charge >= 0.3 is 0 Å². The molecule has 1 unspecified atom stereocenters. The lowest BCUT2D eigenvalue weighted by molar-refractivity contribution is 0.145. The third-order valence-electron chi connectivity index (χ3n) is 5.33. The lowest BCUT2D eigenvalue weighted by atomic mass is 10.0. The number of rotatable bonds is 13. The van der Waals surface area contributed by atoms with Gasteiger partial charge in [0, 0.05) is 25.7 Å². The van der Waals surface area contributed by atoms with E-state index in [4.69, 9.17) is 10.8 Å². The Kier molecular flexibility index (Phi) is 9.78. The van der Waals surface area contributed by atoms with Crippen LogP contribution in [0.2, 0.25) is 0 Å². The summed E-state index contributed by atoms with van der Waals surface area (Å²) in [5.74, 6) is 1.30. The van der Waals surface area contributed by atoms with E-state index in [9.17, 15) is 0 Å². The fourth-order valence-electron chi connectivity index (χ4n) is 3.57. The highest BCUT2D eigenvalue weighted by Crippen LogP contribution is 2.21. The van der Waals surface area contributed by atoms with Gasteiger partial charge in [0.2, 0.25) is 0 Å². The summed E-state index contributed by atoms with van der Waals surface area (Å²) in [7, 11) is 0. The first-order chi connectivity index (χ1) is 13.5. The van der Waals surface area contributed by atoms with Gasteiger partial charge in [0.05, 0.1) is 6.17 Å². The zero-order valence-corrected chi connectivity index (χ0v) is 17.7. The smallest absolute Gasteiger partial charge is 0.115 e. The second kappa shape index (κ2) is 12.1. The second-order valence-electron chi connectivity index (χ2n) is 8.03. The molecule has 158 valence electrons. The number of hydrazine groups is 1. The summed E-state index contributed by atoms with van der Waals surface area (Å²) in [5, 5.41) is 18.3. The van der Waals surface area contributed by atoms with Crippen molar-refractivity contribution >= 4 is 0 Å². The third-order valence-corrected chi connectivity index (χ3v) is 5.33. The van der Waals surface area contributed by atoms with Crippen molar-refractivity contribution in [2.75, 3.05) is 19.7 Å². The zero-order chi connectivity index (χ0) is 20.4. The Bertz CT molecular complexity index is 590. The van der Waals surface area contributed by atoms with Crippen LogP contribution in [0.3, 0.4) is 0 Å². The Hall–Kier alpha value is -1.60. The fraction of sp³-hybridized carbons (Fsp3) is 0.636. The van der Waals surface area contributed by atoms with Crippen molar-refractivity contribution in [2.24, 2.45) is 11.7 Å². The first kappa shape index (κ1) is 22.7. The van der Waals surface area contributed by atoms with Crippen LogP contribution >= 0.6 is 0 Å². The maximum Gasteiger partial charge on any atom is 0.115 e. The SMILES string of the molecule is CC(C[C@@H](NCc1ccccc1)N1NCC(C(C)C)=C1N)NCCCCCO. The lowest BCUT2D eigenvalue weighted by Crippen LogP contribution is -2.53. The molecule has 0 aromatic heterocycles. The molecule has 0 fully saturated rings. The predicted molar refractivity (Wildman–Crippen MR) is 116 cm³/mol. The van der Waals surface area contributed by atoms with E-state index in [0.717, 1.165) is 51.1 Å². The number of aliphatic hydroxyl groups excluding tert-OH is 1. The van der Waals surface area contributed by atoms with Gasteiger partial charge in [0.25, 0.3) is 0 Å². The third kappa shape index (κ3) is 7.09. The molecule has 1 aromatic rings. The van der Waals surface area contributed by atoms with Crippen LogP contribution in [0.5, 0.6) is 0 Å².